The molecule has 0 radical (unpaired) electrons. The zero-order chi connectivity index (χ0) is 20.7. The molecule has 7 heteroatoms. The average Bonchev–Trinajstić information content (AvgIpc) is 3.23. The molecule has 1 aliphatic heterocycles. The second-order valence-electron chi connectivity index (χ2n) is 8.28. The quantitative estimate of drug-likeness (QED) is 0.204. The molecule has 1 aromatic heterocycles. The molecule has 2 heterocycles. The Morgan fingerprint density at radius 3 is 2.65 bits per heavy atom. The number of hydrogen-bond donors (Lipinski definition) is 3. The Labute approximate surface area is 202 Å². The number of fused-ring (bicyclic) bond motifs is 1. The maximum Gasteiger partial charge on any atom is 0.191 e. The fraction of sp³-hybridized carbons (Fsp3) is 0.500. The zero-order valence-corrected chi connectivity index (χ0v) is 20.6. The second-order valence-corrected chi connectivity index (χ2v) is 8.28. The summed E-state index contributed by atoms with van der Waals surface area (Å²) in [5, 5.41) is 10.5. The highest BCUT2D eigenvalue weighted by Gasteiger charge is 2.43. The molecule has 1 spiro atoms. The number of para-hydroxylation sites is 1. The second kappa shape index (κ2) is 11.5. The van der Waals surface area contributed by atoms with Crippen LogP contribution in [-0.4, -0.2) is 36.7 Å². The first kappa shape index (κ1) is 23.6. The molecule has 1 saturated carbocycles. The number of aromatic nitrogens is 1. The van der Waals surface area contributed by atoms with Crippen molar-refractivity contribution in [3.05, 3.63) is 54.2 Å². The Balaban J connectivity index is 0.00000272. The number of aliphatic imine (C=N–C) groups is 1. The third-order valence-corrected chi connectivity index (χ3v) is 6.11. The standard InChI is InChI=1S/C24H33N5O.HI/c1-25-23(28-17-9-8-16-27-22-12-4-7-15-26-22)29-20-18-24(13-5-6-14-24)30-21-11-3-2-10-19(20)21;/h2-4,7,10-12,15,20H,5-6,8-9,13-14,16-18H2,1H3,(H,26,27)(H2,25,28,29);1H. The van der Waals surface area contributed by atoms with E-state index in [0.717, 1.165) is 62.7 Å². The minimum atomic E-state index is -0.0119. The first-order valence-corrected chi connectivity index (χ1v) is 11.2. The molecule has 1 fully saturated rings. The number of nitrogens with zero attached hydrogens (tertiary/aromatic N) is 2. The Morgan fingerprint density at radius 2 is 1.87 bits per heavy atom. The Morgan fingerprint density at radius 1 is 1.10 bits per heavy atom. The van der Waals surface area contributed by atoms with E-state index in [1.165, 1.54) is 18.4 Å². The number of hydrogen-bond acceptors (Lipinski definition) is 4. The lowest BCUT2D eigenvalue weighted by Gasteiger charge is -2.40. The predicted octanol–water partition coefficient (Wildman–Crippen LogP) is 4.89. The third kappa shape index (κ3) is 6.24. The maximum absolute atomic E-state index is 6.48. The Kier molecular flexibility index (Phi) is 8.80. The largest absolute Gasteiger partial charge is 0.487 e. The van der Waals surface area contributed by atoms with Crippen molar-refractivity contribution in [2.24, 2.45) is 4.99 Å². The average molecular weight is 535 g/mol. The van der Waals surface area contributed by atoms with Crippen molar-refractivity contribution in [3.8, 4) is 5.75 Å². The number of benzene rings is 1. The van der Waals surface area contributed by atoms with Crippen LogP contribution < -0.4 is 20.7 Å². The van der Waals surface area contributed by atoms with Gasteiger partial charge in [-0.1, -0.05) is 24.3 Å². The number of halogens is 1. The van der Waals surface area contributed by atoms with Crippen LogP contribution in [0.2, 0.25) is 0 Å². The fourth-order valence-electron chi connectivity index (χ4n) is 4.57. The van der Waals surface area contributed by atoms with Crippen LogP contribution in [0.4, 0.5) is 5.82 Å². The van der Waals surface area contributed by atoms with Gasteiger partial charge in [-0.05, 0) is 56.7 Å². The number of ether oxygens (including phenoxy) is 1. The lowest BCUT2D eigenvalue weighted by molar-refractivity contribution is 0.0396. The summed E-state index contributed by atoms with van der Waals surface area (Å²) in [6, 6.07) is 14.6. The maximum atomic E-state index is 6.48. The lowest BCUT2D eigenvalue weighted by atomic mass is 9.86. The van der Waals surface area contributed by atoms with Crippen molar-refractivity contribution >= 4 is 35.8 Å². The van der Waals surface area contributed by atoms with Gasteiger partial charge in [-0.2, -0.15) is 0 Å². The summed E-state index contributed by atoms with van der Waals surface area (Å²) < 4.78 is 6.48. The summed E-state index contributed by atoms with van der Waals surface area (Å²) in [5.74, 6) is 2.82. The minimum Gasteiger partial charge on any atom is -0.487 e. The first-order chi connectivity index (χ1) is 14.8. The Hall–Kier alpha value is -2.03. The lowest BCUT2D eigenvalue weighted by Crippen LogP contribution is -2.46. The summed E-state index contributed by atoms with van der Waals surface area (Å²) >= 11 is 0. The van der Waals surface area contributed by atoms with Gasteiger partial charge in [0.15, 0.2) is 5.96 Å². The van der Waals surface area contributed by atoms with Gasteiger partial charge in [0.25, 0.3) is 0 Å². The van der Waals surface area contributed by atoms with E-state index in [1.807, 2.05) is 31.4 Å². The van der Waals surface area contributed by atoms with Gasteiger partial charge in [0, 0.05) is 38.3 Å². The number of guanidine groups is 1. The molecule has 1 aromatic carbocycles. The molecule has 0 amide bonds. The molecule has 2 aromatic rings. The SMILES string of the molecule is CN=C(NCCCCNc1ccccn1)NC1CC2(CCCC2)Oc2ccccc21.I. The minimum absolute atomic E-state index is 0. The molecule has 2 aliphatic rings. The van der Waals surface area contributed by atoms with E-state index in [1.54, 1.807) is 0 Å². The number of anilines is 1. The van der Waals surface area contributed by atoms with E-state index in [-0.39, 0.29) is 35.6 Å². The van der Waals surface area contributed by atoms with Gasteiger partial charge >= 0.3 is 0 Å². The highest BCUT2D eigenvalue weighted by molar-refractivity contribution is 14.0. The molecule has 3 N–H and O–H groups in total. The Bertz CT molecular complexity index is 839. The fourth-order valence-corrected chi connectivity index (χ4v) is 4.57. The summed E-state index contributed by atoms with van der Waals surface area (Å²) in [5.41, 5.74) is 1.22. The number of nitrogens with one attached hydrogen (secondary N) is 3. The number of unbranched alkanes of at least 4 members (excludes halogenated alkanes) is 1. The van der Waals surface area contributed by atoms with Gasteiger partial charge in [-0.3, -0.25) is 4.99 Å². The molecular formula is C24H34IN5O. The highest BCUT2D eigenvalue weighted by atomic mass is 127. The number of pyridine rings is 1. The van der Waals surface area contributed by atoms with Crippen LogP contribution in [0.1, 0.15) is 56.6 Å². The van der Waals surface area contributed by atoms with Gasteiger partial charge in [0.1, 0.15) is 17.2 Å². The van der Waals surface area contributed by atoms with Crippen molar-refractivity contribution in [3.63, 3.8) is 0 Å². The van der Waals surface area contributed by atoms with Crippen LogP contribution in [0.25, 0.3) is 0 Å². The van der Waals surface area contributed by atoms with E-state index in [9.17, 15) is 0 Å². The van der Waals surface area contributed by atoms with Gasteiger partial charge in [-0.25, -0.2) is 4.98 Å². The van der Waals surface area contributed by atoms with Crippen LogP contribution in [0.5, 0.6) is 5.75 Å². The molecule has 6 nitrogen and oxygen atoms in total. The molecule has 1 aliphatic carbocycles. The van der Waals surface area contributed by atoms with Crippen molar-refractivity contribution in [1.82, 2.24) is 15.6 Å². The zero-order valence-electron chi connectivity index (χ0n) is 18.3. The molecule has 168 valence electrons. The monoisotopic (exact) mass is 535 g/mol. The van der Waals surface area contributed by atoms with Crippen molar-refractivity contribution in [2.45, 2.75) is 56.6 Å². The summed E-state index contributed by atoms with van der Waals surface area (Å²) in [4.78, 5) is 8.75. The summed E-state index contributed by atoms with van der Waals surface area (Å²) in [6.45, 7) is 1.81. The van der Waals surface area contributed by atoms with Gasteiger partial charge in [0.2, 0.25) is 0 Å². The van der Waals surface area contributed by atoms with E-state index < -0.39 is 0 Å². The van der Waals surface area contributed by atoms with E-state index in [0.29, 0.717) is 0 Å². The first-order valence-electron chi connectivity index (χ1n) is 11.2. The van der Waals surface area contributed by atoms with E-state index in [4.69, 9.17) is 4.74 Å². The van der Waals surface area contributed by atoms with Crippen molar-refractivity contribution in [2.75, 3.05) is 25.5 Å². The van der Waals surface area contributed by atoms with Crippen molar-refractivity contribution < 1.29 is 4.74 Å². The molecular weight excluding hydrogens is 501 g/mol. The number of rotatable bonds is 7. The molecule has 1 unspecified atom stereocenters. The molecule has 31 heavy (non-hydrogen) atoms. The summed E-state index contributed by atoms with van der Waals surface area (Å²) in [6.07, 6.45) is 9.76. The van der Waals surface area contributed by atoms with Crippen LogP contribution in [0, 0.1) is 0 Å². The normalized spacial score (nSPS) is 19.1. The van der Waals surface area contributed by atoms with Crippen LogP contribution in [0.3, 0.4) is 0 Å². The van der Waals surface area contributed by atoms with Crippen molar-refractivity contribution in [1.29, 1.82) is 0 Å². The molecule has 1 atom stereocenters. The predicted molar refractivity (Wildman–Crippen MR) is 138 cm³/mol. The van der Waals surface area contributed by atoms with Crippen LogP contribution >= 0.6 is 24.0 Å². The highest BCUT2D eigenvalue weighted by Crippen LogP contribution is 2.46. The van der Waals surface area contributed by atoms with Crippen LogP contribution in [-0.2, 0) is 0 Å². The smallest absolute Gasteiger partial charge is 0.191 e. The van der Waals surface area contributed by atoms with Gasteiger partial charge in [0.05, 0.1) is 6.04 Å². The van der Waals surface area contributed by atoms with E-state index in [2.05, 4.69) is 50.2 Å². The molecule has 0 bridgehead atoms. The van der Waals surface area contributed by atoms with Crippen LogP contribution in [0.15, 0.2) is 53.7 Å². The van der Waals surface area contributed by atoms with E-state index >= 15 is 0 Å². The van der Waals surface area contributed by atoms with Gasteiger partial charge < -0.3 is 20.7 Å². The molecule has 0 saturated heterocycles. The molecule has 4 rings (SSSR count). The van der Waals surface area contributed by atoms with Gasteiger partial charge in [-0.15, -0.1) is 24.0 Å². The summed E-state index contributed by atoms with van der Waals surface area (Å²) in [7, 11) is 1.84. The third-order valence-electron chi connectivity index (χ3n) is 6.11. The topological polar surface area (TPSA) is 70.6 Å².